The van der Waals surface area contributed by atoms with Crippen molar-refractivity contribution in [1.29, 1.82) is 0 Å². The number of carbonyl (C=O) groups excluding carboxylic acids is 1. The van der Waals surface area contributed by atoms with E-state index in [1.54, 1.807) is 0 Å². The Morgan fingerprint density at radius 3 is 2.83 bits per heavy atom. The van der Waals surface area contributed by atoms with Crippen LogP contribution in [0.5, 0.6) is 5.75 Å². The molecule has 0 radical (unpaired) electrons. The van der Waals surface area contributed by atoms with E-state index in [9.17, 15) is 4.79 Å². The second kappa shape index (κ2) is 5.04. The highest BCUT2D eigenvalue weighted by Gasteiger charge is 2.36. The molecule has 1 atom stereocenters. The number of ketones is 1. The Morgan fingerprint density at radius 1 is 1.44 bits per heavy atom. The minimum atomic E-state index is -0.352. The molecule has 18 heavy (non-hydrogen) atoms. The minimum absolute atomic E-state index is 0.190. The first-order valence-corrected chi connectivity index (χ1v) is 7.21. The van der Waals surface area contributed by atoms with E-state index >= 15 is 0 Å². The largest absolute Gasteiger partial charge is 0.486 e. The maximum atomic E-state index is 12.2. The van der Waals surface area contributed by atoms with Gasteiger partial charge in [-0.25, -0.2) is 0 Å². The molecule has 2 rings (SSSR count). The Balaban J connectivity index is 2.23. The first-order valence-electron chi connectivity index (χ1n) is 6.41. The molecule has 1 unspecified atom stereocenters. The lowest BCUT2D eigenvalue weighted by molar-refractivity contribution is 0.0435. The highest BCUT2D eigenvalue weighted by molar-refractivity contribution is 9.10. The molecule has 0 amide bonds. The standard InChI is InChI=1S/C15H19BrO2/c1-10(2)6-7-15(3)9-13(17)12-5-4-11(16)8-14(12)18-15/h4-5,8,10H,6-7,9H2,1-3H3. The first kappa shape index (κ1) is 13.6. The number of rotatable bonds is 3. The van der Waals surface area contributed by atoms with Crippen molar-refractivity contribution in [2.45, 2.75) is 45.6 Å². The van der Waals surface area contributed by atoms with E-state index in [0.29, 0.717) is 23.7 Å². The summed E-state index contributed by atoms with van der Waals surface area (Å²) in [5, 5.41) is 0. The lowest BCUT2D eigenvalue weighted by Crippen LogP contribution is -2.39. The van der Waals surface area contributed by atoms with Gasteiger partial charge in [-0.1, -0.05) is 29.8 Å². The first-order chi connectivity index (χ1) is 8.39. The third-order valence-electron chi connectivity index (χ3n) is 3.39. The predicted octanol–water partition coefficient (Wildman–Crippen LogP) is 4.61. The number of benzene rings is 1. The molecule has 1 heterocycles. The van der Waals surface area contributed by atoms with Crippen LogP contribution >= 0.6 is 15.9 Å². The van der Waals surface area contributed by atoms with Gasteiger partial charge in [0.25, 0.3) is 0 Å². The molecule has 0 aliphatic carbocycles. The van der Waals surface area contributed by atoms with Gasteiger partial charge in [0.1, 0.15) is 11.4 Å². The van der Waals surface area contributed by atoms with Gasteiger partial charge in [0.05, 0.1) is 12.0 Å². The molecular weight excluding hydrogens is 292 g/mol. The highest BCUT2D eigenvalue weighted by atomic mass is 79.9. The number of hydrogen-bond acceptors (Lipinski definition) is 2. The summed E-state index contributed by atoms with van der Waals surface area (Å²) in [6.45, 7) is 6.42. The van der Waals surface area contributed by atoms with Gasteiger partial charge in [-0.2, -0.15) is 0 Å². The topological polar surface area (TPSA) is 26.3 Å². The van der Waals surface area contributed by atoms with Crippen LogP contribution in [0.25, 0.3) is 0 Å². The number of ether oxygens (including phenoxy) is 1. The van der Waals surface area contributed by atoms with Crippen molar-refractivity contribution in [3.63, 3.8) is 0 Å². The van der Waals surface area contributed by atoms with Gasteiger partial charge in [-0.15, -0.1) is 0 Å². The van der Waals surface area contributed by atoms with Crippen LogP contribution in [0, 0.1) is 5.92 Å². The number of Topliss-reactive ketones (excluding diaryl/α,β-unsaturated/α-hetero) is 1. The molecule has 0 saturated heterocycles. The summed E-state index contributed by atoms with van der Waals surface area (Å²) in [5.41, 5.74) is 0.357. The lowest BCUT2D eigenvalue weighted by atomic mass is 9.86. The molecule has 1 aromatic carbocycles. The molecule has 0 fully saturated rings. The number of halogens is 1. The van der Waals surface area contributed by atoms with Crippen molar-refractivity contribution < 1.29 is 9.53 Å². The Labute approximate surface area is 117 Å². The van der Waals surface area contributed by atoms with Crippen molar-refractivity contribution in [2.24, 2.45) is 5.92 Å². The maximum absolute atomic E-state index is 12.2. The Morgan fingerprint density at radius 2 is 2.17 bits per heavy atom. The van der Waals surface area contributed by atoms with E-state index in [2.05, 4.69) is 29.8 Å². The normalized spacial score (nSPS) is 22.8. The van der Waals surface area contributed by atoms with Crippen molar-refractivity contribution in [3.05, 3.63) is 28.2 Å². The minimum Gasteiger partial charge on any atom is -0.486 e. The van der Waals surface area contributed by atoms with E-state index in [1.807, 2.05) is 25.1 Å². The second-order valence-electron chi connectivity index (χ2n) is 5.72. The maximum Gasteiger partial charge on any atom is 0.170 e. The molecule has 1 aliphatic rings. The van der Waals surface area contributed by atoms with Crippen molar-refractivity contribution in [2.75, 3.05) is 0 Å². The van der Waals surface area contributed by atoms with Crippen LogP contribution in [-0.4, -0.2) is 11.4 Å². The number of carbonyl (C=O) groups is 1. The van der Waals surface area contributed by atoms with Crippen LogP contribution in [0.1, 0.15) is 50.4 Å². The van der Waals surface area contributed by atoms with E-state index in [1.165, 1.54) is 0 Å². The van der Waals surface area contributed by atoms with E-state index in [-0.39, 0.29) is 11.4 Å². The summed E-state index contributed by atoms with van der Waals surface area (Å²) in [4.78, 5) is 12.2. The lowest BCUT2D eigenvalue weighted by Gasteiger charge is -2.35. The Bertz CT molecular complexity index is 468. The van der Waals surface area contributed by atoms with Gasteiger partial charge in [-0.05, 0) is 43.9 Å². The average molecular weight is 311 g/mol. The van der Waals surface area contributed by atoms with Gasteiger partial charge in [-0.3, -0.25) is 4.79 Å². The zero-order valence-corrected chi connectivity index (χ0v) is 12.7. The van der Waals surface area contributed by atoms with Crippen molar-refractivity contribution >= 4 is 21.7 Å². The summed E-state index contributed by atoms with van der Waals surface area (Å²) in [5.74, 6) is 1.53. The predicted molar refractivity (Wildman–Crippen MR) is 76.2 cm³/mol. The van der Waals surface area contributed by atoms with Gasteiger partial charge in [0.15, 0.2) is 5.78 Å². The molecule has 0 bridgehead atoms. The Hall–Kier alpha value is -0.830. The summed E-state index contributed by atoms with van der Waals surface area (Å²) in [7, 11) is 0. The van der Waals surface area contributed by atoms with E-state index in [4.69, 9.17) is 4.74 Å². The van der Waals surface area contributed by atoms with Crippen LogP contribution in [0.4, 0.5) is 0 Å². The highest BCUT2D eigenvalue weighted by Crippen LogP contribution is 2.37. The van der Waals surface area contributed by atoms with Crippen molar-refractivity contribution in [1.82, 2.24) is 0 Å². The fourth-order valence-electron chi connectivity index (χ4n) is 2.28. The van der Waals surface area contributed by atoms with Crippen LogP contribution in [-0.2, 0) is 0 Å². The molecule has 3 heteroatoms. The quantitative estimate of drug-likeness (QED) is 0.815. The van der Waals surface area contributed by atoms with Crippen LogP contribution in [0.3, 0.4) is 0 Å². The molecule has 98 valence electrons. The third kappa shape index (κ3) is 2.94. The van der Waals surface area contributed by atoms with E-state index < -0.39 is 0 Å². The van der Waals surface area contributed by atoms with Crippen molar-refractivity contribution in [3.8, 4) is 5.75 Å². The zero-order chi connectivity index (χ0) is 13.3. The zero-order valence-electron chi connectivity index (χ0n) is 11.1. The molecule has 2 nitrogen and oxygen atoms in total. The molecular formula is C15H19BrO2. The van der Waals surface area contributed by atoms with Crippen LogP contribution in [0.2, 0.25) is 0 Å². The smallest absolute Gasteiger partial charge is 0.170 e. The summed E-state index contributed by atoms with van der Waals surface area (Å²) in [6, 6.07) is 5.61. The molecule has 1 aliphatic heterocycles. The van der Waals surface area contributed by atoms with E-state index in [0.717, 1.165) is 17.3 Å². The molecule has 0 spiro atoms. The molecule has 0 N–H and O–H groups in total. The fourth-order valence-corrected chi connectivity index (χ4v) is 2.62. The third-order valence-corrected chi connectivity index (χ3v) is 3.88. The SMILES string of the molecule is CC(C)CCC1(C)CC(=O)c2ccc(Br)cc2O1. The molecule has 0 aromatic heterocycles. The summed E-state index contributed by atoms with van der Waals surface area (Å²) < 4.78 is 7.02. The second-order valence-corrected chi connectivity index (χ2v) is 6.64. The fraction of sp³-hybridized carbons (Fsp3) is 0.533. The molecule has 0 saturated carbocycles. The average Bonchev–Trinajstić information content (AvgIpc) is 2.25. The number of fused-ring (bicyclic) bond motifs is 1. The van der Waals surface area contributed by atoms with Gasteiger partial charge in [0, 0.05) is 4.47 Å². The number of hydrogen-bond donors (Lipinski definition) is 0. The van der Waals surface area contributed by atoms with Gasteiger partial charge >= 0.3 is 0 Å². The van der Waals surface area contributed by atoms with Crippen LogP contribution < -0.4 is 4.74 Å². The Kier molecular flexibility index (Phi) is 3.81. The summed E-state index contributed by atoms with van der Waals surface area (Å²) in [6.07, 6.45) is 2.48. The van der Waals surface area contributed by atoms with Gasteiger partial charge < -0.3 is 4.74 Å². The van der Waals surface area contributed by atoms with Crippen LogP contribution in [0.15, 0.2) is 22.7 Å². The summed E-state index contributed by atoms with van der Waals surface area (Å²) >= 11 is 3.42. The monoisotopic (exact) mass is 310 g/mol. The van der Waals surface area contributed by atoms with Gasteiger partial charge in [0.2, 0.25) is 0 Å². The molecule has 1 aromatic rings.